The molecule has 3 rings (SSSR count). The van der Waals surface area contributed by atoms with Crippen LogP contribution < -0.4 is 10.9 Å². The standard InChI is InChI=1S/C18H13ClN4O6/c1-22-17(25)12-5-3-2-4-11(12)16(21-22)18(26)29-9-15(24)20-10-6-7-13(19)14(8-10)23(27)28/h2-8H,9H2,1H3,(H,20,24). The predicted molar refractivity (Wildman–Crippen MR) is 104 cm³/mol. The van der Waals surface area contributed by atoms with E-state index in [0.29, 0.717) is 5.39 Å². The van der Waals surface area contributed by atoms with Crippen LogP contribution in [0.4, 0.5) is 11.4 Å². The summed E-state index contributed by atoms with van der Waals surface area (Å²) in [5, 5.41) is 17.7. The van der Waals surface area contributed by atoms with E-state index in [1.54, 1.807) is 24.3 Å². The van der Waals surface area contributed by atoms with Crippen LogP contribution in [-0.4, -0.2) is 33.2 Å². The molecule has 11 heteroatoms. The van der Waals surface area contributed by atoms with Crippen molar-refractivity contribution < 1.29 is 19.2 Å². The molecule has 0 bridgehead atoms. The highest BCUT2D eigenvalue weighted by Crippen LogP contribution is 2.27. The highest BCUT2D eigenvalue weighted by Gasteiger charge is 2.19. The maximum absolute atomic E-state index is 12.4. The number of rotatable bonds is 5. The van der Waals surface area contributed by atoms with Gasteiger partial charge in [0.1, 0.15) is 5.02 Å². The zero-order valence-corrected chi connectivity index (χ0v) is 15.7. The molecule has 1 heterocycles. The van der Waals surface area contributed by atoms with Crippen molar-refractivity contribution >= 4 is 45.6 Å². The first-order valence-corrected chi connectivity index (χ1v) is 8.52. The molecule has 0 aliphatic rings. The van der Waals surface area contributed by atoms with Crippen LogP contribution in [0, 0.1) is 10.1 Å². The number of benzene rings is 2. The van der Waals surface area contributed by atoms with Gasteiger partial charge in [-0.15, -0.1) is 0 Å². The van der Waals surface area contributed by atoms with Crippen molar-refractivity contribution in [3.05, 3.63) is 73.6 Å². The van der Waals surface area contributed by atoms with E-state index in [1.807, 2.05) is 0 Å². The lowest BCUT2D eigenvalue weighted by Gasteiger charge is -2.09. The molecular weight excluding hydrogens is 404 g/mol. The zero-order valence-electron chi connectivity index (χ0n) is 14.9. The van der Waals surface area contributed by atoms with Crippen LogP contribution in [0.3, 0.4) is 0 Å². The van der Waals surface area contributed by atoms with Crippen LogP contribution in [-0.2, 0) is 16.6 Å². The Balaban J connectivity index is 1.73. The van der Waals surface area contributed by atoms with Gasteiger partial charge in [0, 0.05) is 24.2 Å². The monoisotopic (exact) mass is 416 g/mol. The number of halogens is 1. The molecule has 0 fully saturated rings. The smallest absolute Gasteiger partial charge is 0.359 e. The Morgan fingerprint density at radius 1 is 1.24 bits per heavy atom. The van der Waals surface area contributed by atoms with Crippen LogP contribution in [0.15, 0.2) is 47.3 Å². The Hall–Kier alpha value is -3.79. The molecule has 3 aromatic rings. The number of nitro benzene ring substituents is 1. The molecule has 2 aromatic carbocycles. The van der Waals surface area contributed by atoms with Crippen molar-refractivity contribution in [3.63, 3.8) is 0 Å². The van der Waals surface area contributed by atoms with Crippen molar-refractivity contribution in [1.29, 1.82) is 0 Å². The van der Waals surface area contributed by atoms with Crippen LogP contribution in [0.5, 0.6) is 0 Å². The van der Waals surface area contributed by atoms with Gasteiger partial charge in [-0.25, -0.2) is 9.48 Å². The SMILES string of the molecule is Cn1nc(C(=O)OCC(=O)Nc2ccc(Cl)c([N+](=O)[O-])c2)c2ccccc2c1=O. The molecule has 0 saturated heterocycles. The van der Waals surface area contributed by atoms with Crippen molar-refractivity contribution in [2.24, 2.45) is 7.05 Å². The van der Waals surface area contributed by atoms with Crippen molar-refractivity contribution in [3.8, 4) is 0 Å². The molecular formula is C18H13ClN4O6. The fourth-order valence-corrected chi connectivity index (χ4v) is 2.76. The van der Waals surface area contributed by atoms with Crippen molar-refractivity contribution in [1.82, 2.24) is 9.78 Å². The summed E-state index contributed by atoms with van der Waals surface area (Å²) >= 11 is 5.71. The molecule has 29 heavy (non-hydrogen) atoms. The molecule has 0 radical (unpaired) electrons. The third-order valence-corrected chi connectivity index (χ3v) is 4.23. The lowest BCUT2D eigenvalue weighted by molar-refractivity contribution is -0.384. The number of nitrogens with one attached hydrogen (secondary N) is 1. The molecule has 1 N–H and O–H groups in total. The Kier molecular flexibility index (Phi) is 5.55. The third-order valence-electron chi connectivity index (χ3n) is 3.91. The number of fused-ring (bicyclic) bond motifs is 1. The van der Waals surface area contributed by atoms with Gasteiger partial charge in [0.05, 0.1) is 10.3 Å². The number of hydrogen-bond acceptors (Lipinski definition) is 7. The van der Waals surface area contributed by atoms with Gasteiger partial charge in [-0.2, -0.15) is 5.10 Å². The summed E-state index contributed by atoms with van der Waals surface area (Å²) in [6.07, 6.45) is 0. The summed E-state index contributed by atoms with van der Waals surface area (Å²) in [5.41, 5.74) is -0.743. The van der Waals surface area contributed by atoms with Gasteiger partial charge >= 0.3 is 5.97 Å². The lowest BCUT2D eigenvalue weighted by atomic mass is 10.1. The zero-order chi connectivity index (χ0) is 21.1. The average Bonchev–Trinajstić information content (AvgIpc) is 2.70. The summed E-state index contributed by atoms with van der Waals surface area (Å²) in [6.45, 7) is -0.659. The summed E-state index contributed by atoms with van der Waals surface area (Å²) < 4.78 is 5.98. The molecule has 1 amide bonds. The fourth-order valence-electron chi connectivity index (χ4n) is 2.58. The number of carbonyl (C=O) groups is 2. The van der Waals surface area contributed by atoms with Crippen LogP contribution >= 0.6 is 11.6 Å². The highest BCUT2D eigenvalue weighted by atomic mass is 35.5. The normalized spacial score (nSPS) is 10.6. The first kappa shape index (κ1) is 20.0. The molecule has 148 valence electrons. The number of amides is 1. The summed E-state index contributed by atoms with van der Waals surface area (Å²) in [6, 6.07) is 10.1. The minimum absolute atomic E-state index is 0.0768. The number of esters is 1. The first-order valence-electron chi connectivity index (χ1n) is 8.15. The van der Waals surface area contributed by atoms with E-state index in [1.165, 1.54) is 19.2 Å². The van der Waals surface area contributed by atoms with E-state index < -0.39 is 23.4 Å². The van der Waals surface area contributed by atoms with E-state index in [9.17, 15) is 24.5 Å². The largest absolute Gasteiger partial charge is 0.451 e. The van der Waals surface area contributed by atoms with Gasteiger partial charge in [-0.1, -0.05) is 29.8 Å². The van der Waals surface area contributed by atoms with Crippen LogP contribution in [0.2, 0.25) is 5.02 Å². The number of anilines is 1. The van der Waals surface area contributed by atoms with E-state index >= 15 is 0 Å². The number of aryl methyl sites for hydroxylation is 1. The molecule has 0 aliphatic heterocycles. The highest BCUT2D eigenvalue weighted by molar-refractivity contribution is 6.32. The summed E-state index contributed by atoms with van der Waals surface area (Å²) in [4.78, 5) is 46.7. The Morgan fingerprint density at radius 2 is 1.93 bits per heavy atom. The summed E-state index contributed by atoms with van der Waals surface area (Å²) in [7, 11) is 1.39. The predicted octanol–water partition coefficient (Wildman–Crippen LogP) is 2.29. The van der Waals surface area contributed by atoms with E-state index in [0.717, 1.165) is 10.7 Å². The minimum Gasteiger partial charge on any atom is -0.451 e. The van der Waals surface area contributed by atoms with Gasteiger partial charge in [0.25, 0.3) is 17.2 Å². The summed E-state index contributed by atoms with van der Waals surface area (Å²) in [5.74, 6) is -1.61. The molecule has 0 aliphatic carbocycles. The number of aromatic nitrogens is 2. The fraction of sp³-hybridized carbons (Fsp3) is 0.111. The first-order chi connectivity index (χ1) is 13.8. The van der Waals surface area contributed by atoms with Gasteiger partial charge in [-0.3, -0.25) is 19.7 Å². The van der Waals surface area contributed by atoms with E-state index in [2.05, 4.69) is 10.4 Å². The molecule has 10 nitrogen and oxygen atoms in total. The van der Waals surface area contributed by atoms with Crippen LogP contribution in [0.1, 0.15) is 10.5 Å². The number of ether oxygens (including phenoxy) is 1. The van der Waals surface area contributed by atoms with Crippen LogP contribution in [0.25, 0.3) is 10.8 Å². The molecule has 1 aromatic heterocycles. The second kappa shape index (κ2) is 8.07. The third kappa shape index (κ3) is 4.22. The number of carbonyl (C=O) groups excluding carboxylic acids is 2. The van der Waals surface area contributed by atoms with Crippen molar-refractivity contribution in [2.45, 2.75) is 0 Å². The molecule has 0 atom stereocenters. The number of nitro groups is 1. The van der Waals surface area contributed by atoms with E-state index in [4.69, 9.17) is 16.3 Å². The van der Waals surface area contributed by atoms with Gasteiger partial charge in [-0.05, 0) is 18.2 Å². The Bertz CT molecular complexity index is 1210. The average molecular weight is 417 g/mol. The van der Waals surface area contributed by atoms with Crippen molar-refractivity contribution in [2.75, 3.05) is 11.9 Å². The maximum atomic E-state index is 12.4. The molecule has 0 saturated carbocycles. The topological polar surface area (TPSA) is 133 Å². The quantitative estimate of drug-likeness (QED) is 0.383. The minimum atomic E-state index is -0.894. The maximum Gasteiger partial charge on any atom is 0.359 e. The second-order valence-corrected chi connectivity index (χ2v) is 6.28. The number of hydrogen-bond donors (Lipinski definition) is 1. The second-order valence-electron chi connectivity index (χ2n) is 5.87. The molecule has 0 unspecified atom stereocenters. The van der Waals surface area contributed by atoms with Gasteiger partial charge in [0.2, 0.25) is 0 Å². The Morgan fingerprint density at radius 3 is 2.62 bits per heavy atom. The van der Waals surface area contributed by atoms with E-state index in [-0.39, 0.29) is 33.0 Å². The number of nitrogens with zero attached hydrogens (tertiary/aromatic N) is 3. The van der Waals surface area contributed by atoms with Gasteiger partial charge < -0.3 is 10.1 Å². The lowest BCUT2D eigenvalue weighted by Crippen LogP contribution is -2.26. The Labute approximate surface area is 167 Å². The molecule has 0 spiro atoms. The van der Waals surface area contributed by atoms with Gasteiger partial charge in [0.15, 0.2) is 12.3 Å².